The van der Waals surface area contributed by atoms with Crippen LogP contribution in [0.2, 0.25) is 4.34 Å². The molecule has 2 amide bonds. The number of nitrogens with zero attached hydrogens (tertiary/aromatic N) is 1. The van der Waals surface area contributed by atoms with Crippen LogP contribution in [0.3, 0.4) is 0 Å². The lowest BCUT2D eigenvalue weighted by Crippen LogP contribution is -2.40. The minimum absolute atomic E-state index is 0.0904. The van der Waals surface area contributed by atoms with E-state index >= 15 is 0 Å². The molecule has 0 atom stereocenters. The summed E-state index contributed by atoms with van der Waals surface area (Å²) in [5.74, 6) is -0.512. The van der Waals surface area contributed by atoms with Crippen molar-refractivity contribution in [1.82, 2.24) is 10.2 Å². The maximum Gasteiger partial charge on any atom is 0.243 e. The Morgan fingerprint density at radius 1 is 1.23 bits per heavy atom. The van der Waals surface area contributed by atoms with Gasteiger partial charge in [0.15, 0.2) is 0 Å². The number of nitrogens with one attached hydrogen (secondary N) is 2. The Hall–Kier alpha value is -1.67. The van der Waals surface area contributed by atoms with Gasteiger partial charge in [-0.25, -0.2) is 0 Å². The lowest BCUT2D eigenvalue weighted by Gasteiger charge is -2.19. The molecule has 8 heteroatoms. The van der Waals surface area contributed by atoms with Crippen LogP contribution >= 0.6 is 38.9 Å². The molecule has 0 aliphatic carbocycles. The molecule has 0 bridgehead atoms. The predicted molar refractivity (Wildman–Crippen MR) is 111 cm³/mol. The van der Waals surface area contributed by atoms with Gasteiger partial charge < -0.3 is 10.6 Å². The van der Waals surface area contributed by atoms with E-state index in [2.05, 4.69) is 33.1 Å². The van der Waals surface area contributed by atoms with E-state index in [4.69, 9.17) is 11.6 Å². The lowest BCUT2D eigenvalue weighted by atomic mass is 10.3. The van der Waals surface area contributed by atoms with Crippen molar-refractivity contribution in [3.63, 3.8) is 0 Å². The Morgan fingerprint density at radius 3 is 2.65 bits per heavy atom. The third kappa shape index (κ3) is 6.92. The van der Waals surface area contributed by atoms with Gasteiger partial charge in [-0.1, -0.05) is 29.8 Å². The molecule has 26 heavy (non-hydrogen) atoms. The minimum atomic E-state index is -0.287. The van der Waals surface area contributed by atoms with E-state index < -0.39 is 0 Å². The van der Waals surface area contributed by atoms with Crippen molar-refractivity contribution in [3.05, 3.63) is 62.7 Å². The van der Waals surface area contributed by atoms with E-state index in [0.717, 1.165) is 9.35 Å². The van der Waals surface area contributed by atoms with Crippen LogP contribution < -0.4 is 10.6 Å². The van der Waals surface area contributed by atoms with Crippen molar-refractivity contribution < 1.29 is 9.59 Å². The maximum atomic E-state index is 12.1. The van der Waals surface area contributed by atoms with Crippen molar-refractivity contribution >= 4 is 56.4 Å². The van der Waals surface area contributed by atoms with Gasteiger partial charge in [0, 0.05) is 22.4 Å². The van der Waals surface area contributed by atoms with Crippen molar-refractivity contribution in [2.45, 2.75) is 6.54 Å². The second kappa shape index (κ2) is 10.5. The average Bonchev–Trinajstić information content (AvgIpc) is 3.00. The Morgan fingerprint density at radius 2 is 2.00 bits per heavy atom. The number of anilines is 1. The molecule has 0 aliphatic heterocycles. The van der Waals surface area contributed by atoms with E-state index in [1.807, 2.05) is 35.2 Å². The van der Waals surface area contributed by atoms with E-state index in [1.165, 1.54) is 11.3 Å². The number of thiophene rings is 1. The van der Waals surface area contributed by atoms with Gasteiger partial charge in [0.1, 0.15) is 0 Å². The highest BCUT2D eigenvalue weighted by molar-refractivity contribution is 9.10. The summed E-state index contributed by atoms with van der Waals surface area (Å²) in [6.07, 6.45) is 1.74. The number of rotatable bonds is 9. The highest BCUT2D eigenvalue weighted by Gasteiger charge is 2.13. The number of hydrogen-bond acceptors (Lipinski definition) is 4. The first-order valence-electron chi connectivity index (χ1n) is 7.86. The fourth-order valence-corrected chi connectivity index (χ4v) is 3.73. The Kier molecular flexibility index (Phi) is 8.31. The van der Waals surface area contributed by atoms with Gasteiger partial charge in [-0.05, 0) is 40.2 Å². The van der Waals surface area contributed by atoms with Gasteiger partial charge in [0.2, 0.25) is 11.8 Å². The topological polar surface area (TPSA) is 61.4 Å². The summed E-state index contributed by atoms with van der Waals surface area (Å²) in [5, 5.41) is 5.38. The number of halogens is 2. The largest absolute Gasteiger partial charge is 0.346 e. The van der Waals surface area contributed by atoms with Gasteiger partial charge in [-0.2, -0.15) is 0 Å². The maximum absolute atomic E-state index is 12.1. The Bertz CT molecular complexity index is 781. The first-order chi connectivity index (χ1) is 12.5. The second-order valence-corrected chi connectivity index (χ2v) is 8.12. The molecule has 138 valence electrons. The van der Waals surface area contributed by atoms with Crippen LogP contribution in [0.1, 0.15) is 4.88 Å². The third-order valence-corrected chi connectivity index (χ3v) is 5.26. The number of carbonyl (C=O) groups is 2. The molecule has 2 aromatic rings. The smallest absolute Gasteiger partial charge is 0.243 e. The molecule has 1 aromatic carbocycles. The molecule has 0 radical (unpaired) electrons. The number of benzene rings is 1. The predicted octanol–water partition coefficient (Wildman–Crippen LogP) is 3.91. The first kappa shape index (κ1) is 20.6. The molecule has 5 nitrogen and oxygen atoms in total. The summed E-state index contributed by atoms with van der Waals surface area (Å²) in [5.41, 5.74) is 0.662. The van der Waals surface area contributed by atoms with Gasteiger partial charge in [-0.15, -0.1) is 17.9 Å². The number of amides is 2. The Balaban J connectivity index is 1.80. The number of carbonyl (C=O) groups excluding carboxylic acids is 2. The summed E-state index contributed by atoms with van der Waals surface area (Å²) in [7, 11) is 0. The molecule has 0 aliphatic rings. The molecular weight excluding hydrogens is 438 g/mol. The van der Waals surface area contributed by atoms with E-state index in [0.29, 0.717) is 23.1 Å². The summed E-state index contributed by atoms with van der Waals surface area (Å²) in [4.78, 5) is 27.1. The van der Waals surface area contributed by atoms with Crippen molar-refractivity contribution in [3.8, 4) is 0 Å². The summed E-state index contributed by atoms with van der Waals surface area (Å²) >= 11 is 10.8. The quantitative estimate of drug-likeness (QED) is 0.563. The minimum Gasteiger partial charge on any atom is -0.346 e. The molecule has 0 fully saturated rings. The van der Waals surface area contributed by atoms with E-state index in [-0.39, 0.29) is 24.9 Å². The summed E-state index contributed by atoms with van der Waals surface area (Å²) < 4.78 is 1.50. The van der Waals surface area contributed by atoms with Gasteiger partial charge in [0.05, 0.1) is 23.1 Å². The highest BCUT2D eigenvalue weighted by atomic mass is 79.9. The molecule has 2 N–H and O–H groups in total. The van der Waals surface area contributed by atoms with Crippen LogP contribution in [0.25, 0.3) is 0 Å². The standard InChI is InChI=1S/C18H19BrClN3O2S/c1-2-9-23(11-13-7-8-16(20)26-13)12-18(25)21-10-17(24)22-15-6-4-3-5-14(15)19/h2-8H,1,9-12H2,(H,21,25)(H,22,24). The van der Waals surface area contributed by atoms with E-state index in [9.17, 15) is 9.59 Å². The lowest BCUT2D eigenvalue weighted by molar-refractivity contribution is -0.125. The van der Waals surface area contributed by atoms with Crippen molar-refractivity contribution in [2.75, 3.05) is 25.0 Å². The zero-order chi connectivity index (χ0) is 18.9. The molecule has 1 heterocycles. The summed E-state index contributed by atoms with van der Waals surface area (Å²) in [6, 6.07) is 11.1. The molecule has 1 aromatic heterocycles. The average molecular weight is 457 g/mol. The normalized spacial score (nSPS) is 10.6. The summed E-state index contributed by atoms with van der Waals surface area (Å²) in [6.45, 7) is 4.96. The van der Waals surface area contributed by atoms with Crippen molar-refractivity contribution in [2.24, 2.45) is 0 Å². The van der Waals surface area contributed by atoms with Crippen LogP contribution in [0.4, 0.5) is 5.69 Å². The zero-order valence-corrected chi connectivity index (χ0v) is 17.2. The Labute approximate surface area is 170 Å². The molecule has 0 saturated carbocycles. The van der Waals surface area contributed by atoms with Crippen LogP contribution in [-0.2, 0) is 16.1 Å². The highest BCUT2D eigenvalue weighted by Crippen LogP contribution is 2.22. The fraction of sp³-hybridized carbons (Fsp3) is 0.222. The number of para-hydroxylation sites is 1. The van der Waals surface area contributed by atoms with Crippen LogP contribution in [0, 0.1) is 0 Å². The second-order valence-electron chi connectivity index (χ2n) is 5.47. The third-order valence-electron chi connectivity index (χ3n) is 3.36. The molecular formula is C18H19BrClN3O2S. The van der Waals surface area contributed by atoms with Gasteiger partial charge in [-0.3, -0.25) is 14.5 Å². The van der Waals surface area contributed by atoms with Crippen LogP contribution in [-0.4, -0.2) is 36.3 Å². The van der Waals surface area contributed by atoms with Gasteiger partial charge >= 0.3 is 0 Å². The van der Waals surface area contributed by atoms with Crippen LogP contribution in [0.15, 0.2) is 53.5 Å². The molecule has 2 rings (SSSR count). The van der Waals surface area contributed by atoms with Gasteiger partial charge in [0.25, 0.3) is 0 Å². The van der Waals surface area contributed by atoms with Crippen LogP contribution in [0.5, 0.6) is 0 Å². The first-order valence-corrected chi connectivity index (χ1v) is 9.85. The monoisotopic (exact) mass is 455 g/mol. The van der Waals surface area contributed by atoms with E-state index in [1.54, 1.807) is 12.1 Å². The number of hydrogen-bond donors (Lipinski definition) is 2. The molecule has 0 unspecified atom stereocenters. The fourth-order valence-electron chi connectivity index (χ4n) is 2.22. The molecule has 0 spiro atoms. The van der Waals surface area contributed by atoms with Crippen molar-refractivity contribution in [1.29, 1.82) is 0 Å². The SMILES string of the molecule is C=CCN(CC(=O)NCC(=O)Nc1ccccc1Br)Cc1ccc(Cl)s1. The molecule has 0 saturated heterocycles. The zero-order valence-electron chi connectivity index (χ0n) is 14.0.